The van der Waals surface area contributed by atoms with Gasteiger partial charge in [-0.1, -0.05) is 23.2 Å². The van der Waals surface area contributed by atoms with Gasteiger partial charge in [-0.15, -0.1) is 0 Å². The molecule has 1 saturated heterocycles. The smallest absolute Gasteiger partial charge is 0.319 e. The number of aromatic nitrogens is 1. The highest BCUT2D eigenvalue weighted by Crippen LogP contribution is 2.20. The van der Waals surface area contributed by atoms with E-state index in [1.54, 1.807) is 23.9 Å². The summed E-state index contributed by atoms with van der Waals surface area (Å²) in [5, 5.41) is 0.500. The van der Waals surface area contributed by atoms with Crippen molar-refractivity contribution in [2.45, 2.75) is 0 Å². The molecular formula is C13H16Cl2N4O2. The maximum atomic E-state index is 12.4. The average Bonchev–Trinajstić information content (AvgIpc) is 2.48. The molecule has 0 radical (unpaired) electrons. The molecule has 8 heteroatoms. The van der Waals surface area contributed by atoms with E-state index in [0.717, 1.165) is 0 Å². The van der Waals surface area contributed by atoms with E-state index in [-0.39, 0.29) is 22.1 Å². The monoisotopic (exact) mass is 330 g/mol. The molecule has 1 aromatic rings. The van der Waals surface area contributed by atoms with Gasteiger partial charge in [-0.25, -0.2) is 9.78 Å². The first kappa shape index (κ1) is 15.9. The molecule has 1 fully saturated rings. The topological polar surface area (TPSA) is 56.8 Å². The summed E-state index contributed by atoms with van der Waals surface area (Å²) >= 11 is 11.8. The Bertz CT molecular complexity index is 557. The molecule has 0 spiro atoms. The highest BCUT2D eigenvalue weighted by Gasteiger charge is 2.26. The third-order valence-electron chi connectivity index (χ3n) is 3.27. The van der Waals surface area contributed by atoms with Crippen molar-refractivity contribution in [3.8, 4) is 0 Å². The van der Waals surface area contributed by atoms with Crippen LogP contribution in [0, 0.1) is 0 Å². The number of carbonyl (C=O) groups excluding carboxylic acids is 2. The fourth-order valence-electron chi connectivity index (χ4n) is 2.13. The molecule has 1 aliphatic heterocycles. The minimum absolute atomic E-state index is 0.0490. The zero-order valence-electron chi connectivity index (χ0n) is 11.8. The van der Waals surface area contributed by atoms with Gasteiger partial charge in [-0.3, -0.25) is 4.79 Å². The second-order valence-electron chi connectivity index (χ2n) is 4.94. The van der Waals surface area contributed by atoms with Crippen molar-refractivity contribution in [1.82, 2.24) is 19.7 Å². The molecule has 114 valence electrons. The van der Waals surface area contributed by atoms with Gasteiger partial charge in [0.15, 0.2) is 0 Å². The van der Waals surface area contributed by atoms with Crippen LogP contribution in [0.25, 0.3) is 0 Å². The van der Waals surface area contributed by atoms with Crippen molar-refractivity contribution < 1.29 is 9.59 Å². The lowest BCUT2D eigenvalue weighted by atomic mass is 10.2. The zero-order valence-corrected chi connectivity index (χ0v) is 13.4. The van der Waals surface area contributed by atoms with E-state index in [9.17, 15) is 9.59 Å². The molecule has 1 aliphatic rings. The molecule has 3 amide bonds. The quantitative estimate of drug-likeness (QED) is 0.738. The van der Waals surface area contributed by atoms with Crippen LogP contribution in [0.5, 0.6) is 0 Å². The van der Waals surface area contributed by atoms with Crippen LogP contribution in [-0.2, 0) is 0 Å². The zero-order chi connectivity index (χ0) is 15.6. The van der Waals surface area contributed by atoms with Gasteiger partial charge in [0.1, 0.15) is 5.15 Å². The van der Waals surface area contributed by atoms with Crippen LogP contribution in [-0.4, -0.2) is 71.9 Å². The first-order chi connectivity index (χ1) is 9.90. The molecule has 0 bridgehead atoms. The van der Waals surface area contributed by atoms with Crippen LogP contribution >= 0.6 is 23.2 Å². The third kappa shape index (κ3) is 3.57. The van der Waals surface area contributed by atoms with Gasteiger partial charge in [-0.2, -0.15) is 0 Å². The van der Waals surface area contributed by atoms with E-state index < -0.39 is 0 Å². The summed E-state index contributed by atoms with van der Waals surface area (Å²) in [6.45, 7) is 1.93. The third-order valence-corrected chi connectivity index (χ3v) is 3.78. The van der Waals surface area contributed by atoms with Crippen LogP contribution in [0.3, 0.4) is 0 Å². The Morgan fingerprint density at radius 2 is 1.71 bits per heavy atom. The first-order valence-corrected chi connectivity index (χ1v) is 7.22. The van der Waals surface area contributed by atoms with E-state index in [0.29, 0.717) is 31.7 Å². The van der Waals surface area contributed by atoms with E-state index in [4.69, 9.17) is 23.2 Å². The number of rotatable bonds is 1. The van der Waals surface area contributed by atoms with Crippen molar-refractivity contribution in [2.75, 3.05) is 40.3 Å². The molecule has 0 unspecified atom stereocenters. The number of piperazine rings is 1. The Balaban J connectivity index is 2.03. The van der Waals surface area contributed by atoms with Crippen molar-refractivity contribution in [1.29, 1.82) is 0 Å². The van der Waals surface area contributed by atoms with E-state index in [1.807, 2.05) is 0 Å². The Morgan fingerprint density at radius 3 is 2.29 bits per heavy atom. The minimum Gasteiger partial charge on any atom is -0.335 e. The minimum atomic E-state index is -0.193. The number of carbonyl (C=O) groups is 2. The van der Waals surface area contributed by atoms with Gasteiger partial charge in [0.25, 0.3) is 5.91 Å². The molecule has 2 rings (SSSR count). The van der Waals surface area contributed by atoms with Crippen LogP contribution < -0.4 is 0 Å². The van der Waals surface area contributed by atoms with Crippen molar-refractivity contribution in [2.24, 2.45) is 0 Å². The largest absolute Gasteiger partial charge is 0.335 e. The Kier molecular flexibility index (Phi) is 4.90. The molecule has 0 aromatic carbocycles. The van der Waals surface area contributed by atoms with Crippen LogP contribution in [0.4, 0.5) is 4.79 Å². The number of pyridine rings is 1. The lowest BCUT2D eigenvalue weighted by Gasteiger charge is -2.36. The molecule has 2 heterocycles. The molecule has 0 N–H and O–H groups in total. The predicted molar refractivity (Wildman–Crippen MR) is 80.8 cm³/mol. The number of nitrogens with zero attached hydrogens (tertiary/aromatic N) is 4. The molecule has 21 heavy (non-hydrogen) atoms. The molecule has 1 aromatic heterocycles. The highest BCUT2D eigenvalue weighted by atomic mass is 35.5. The van der Waals surface area contributed by atoms with E-state index in [1.165, 1.54) is 17.2 Å². The van der Waals surface area contributed by atoms with Crippen molar-refractivity contribution in [3.05, 3.63) is 28.0 Å². The Morgan fingerprint density at radius 1 is 1.14 bits per heavy atom. The van der Waals surface area contributed by atoms with Crippen molar-refractivity contribution >= 4 is 35.1 Å². The van der Waals surface area contributed by atoms with Gasteiger partial charge in [0, 0.05) is 46.5 Å². The first-order valence-electron chi connectivity index (χ1n) is 6.46. The summed E-state index contributed by atoms with van der Waals surface area (Å²) in [5.74, 6) is -0.193. The van der Waals surface area contributed by atoms with Gasteiger partial charge in [0.05, 0.1) is 10.6 Å². The maximum Gasteiger partial charge on any atom is 0.319 e. The molecule has 0 aliphatic carbocycles. The van der Waals surface area contributed by atoms with Gasteiger partial charge >= 0.3 is 6.03 Å². The van der Waals surface area contributed by atoms with E-state index >= 15 is 0 Å². The maximum absolute atomic E-state index is 12.4. The van der Waals surface area contributed by atoms with Gasteiger partial charge < -0.3 is 14.7 Å². The molecule has 0 atom stereocenters. The van der Waals surface area contributed by atoms with Crippen LogP contribution in [0.15, 0.2) is 12.3 Å². The standard InChI is InChI=1S/C13H16Cl2N4O2/c1-17(2)13(21)19-5-3-18(4-6-19)12(20)9-7-11(15)16-8-10(9)14/h7-8H,3-6H2,1-2H3. The highest BCUT2D eigenvalue weighted by molar-refractivity contribution is 6.35. The number of urea groups is 1. The summed E-state index contributed by atoms with van der Waals surface area (Å²) in [6, 6.07) is 1.41. The van der Waals surface area contributed by atoms with Crippen LogP contribution in [0.2, 0.25) is 10.2 Å². The molecule has 6 nitrogen and oxygen atoms in total. The number of halogens is 2. The van der Waals surface area contributed by atoms with E-state index in [2.05, 4.69) is 4.98 Å². The molecular weight excluding hydrogens is 315 g/mol. The summed E-state index contributed by atoms with van der Waals surface area (Å²) in [4.78, 5) is 33.0. The SMILES string of the molecule is CN(C)C(=O)N1CCN(C(=O)c2cc(Cl)ncc2Cl)CC1. The van der Waals surface area contributed by atoms with Crippen molar-refractivity contribution in [3.63, 3.8) is 0 Å². The fourth-order valence-corrected chi connectivity index (χ4v) is 2.47. The summed E-state index contributed by atoms with van der Waals surface area (Å²) < 4.78 is 0. The number of hydrogen-bond donors (Lipinski definition) is 0. The predicted octanol–water partition coefficient (Wildman–Crippen LogP) is 1.83. The van der Waals surface area contributed by atoms with Gasteiger partial charge in [-0.05, 0) is 6.07 Å². The lowest BCUT2D eigenvalue weighted by Crippen LogP contribution is -2.52. The van der Waals surface area contributed by atoms with Crippen LogP contribution in [0.1, 0.15) is 10.4 Å². The summed E-state index contributed by atoms with van der Waals surface area (Å²) in [6.07, 6.45) is 1.36. The van der Waals surface area contributed by atoms with Gasteiger partial charge in [0.2, 0.25) is 0 Å². The number of amides is 3. The fraction of sp³-hybridized carbons (Fsp3) is 0.462. The lowest BCUT2D eigenvalue weighted by molar-refractivity contribution is 0.0650. The second kappa shape index (κ2) is 6.49. The average molecular weight is 331 g/mol. The second-order valence-corrected chi connectivity index (χ2v) is 5.74. The number of hydrogen-bond acceptors (Lipinski definition) is 3. The molecule has 0 saturated carbocycles. The Labute approximate surface area is 133 Å². The Hall–Kier alpha value is -1.53. The normalized spacial score (nSPS) is 15.0. The summed E-state index contributed by atoms with van der Waals surface area (Å²) in [5.41, 5.74) is 0.337. The summed E-state index contributed by atoms with van der Waals surface area (Å²) in [7, 11) is 3.41.